The zero-order valence-electron chi connectivity index (χ0n) is 13.8. The number of benzene rings is 1. The lowest BCUT2D eigenvalue weighted by molar-refractivity contribution is 0.291. The van der Waals surface area contributed by atoms with Crippen molar-refractivity contribution in [2.75, 3.05) is 13.1 Å². The number of nitrogens with two attached hydrogens (primary N) is 1. The van der Waals surface area contributed by atoms with Gasteiger partial charge < -0.3 is 21.4 Å². The Morgan fingerprint density at radius 2 is 2.00 bits per heavy atom. The Hall–Kier alpha value is -1.36. The van der Waals surface area contributed by atoms with Crippen molar-refractivity contribution in [3.8, 4) is 0 Å². The maximum Gasteiger partial charge on any atom is 0.0459 e. The molecule has 1 aromatic carbocycles. The molecule has 2 heterocycles. The third-order valence-corrected chi connectivity index (χ3v) is 5.69. The van der Waals surface area contributed by atoms with Crippen molar-refractivity contribution in [2.24, 2.45) is 11.7 Å². The lowest BCUT2D eigenvalue weighted by atomic mass is 9.85. The van der Waals surface area contributed by atoms with E-state index in [0.29, 0.717) is 18.0 Å². The molecule has 2 aromatic rings. The Bertz CT molecular complexity index is 662. The number of rotatable bonds is 4. The Balaban J connectivity index is 1.35. The molecule has 1 saturated carbocycles. The molecule has 1 aliphatic carbocycles. The van der Waals surface area contributed by atoms with Gasteiger partial charge in [-0.2, -0.15) is 0 Å². The number of fused-ring (bicyclic) bond motifs is 3. The second-order valence-electron chi connectivity index (χ2n) is 7.28. The van der Waals surface area contributed by atoms with E-state index < -0.39 is 0 Å². The van der Waals surface area contributed by atoms with Crippen molar-refractivity contribution in [3.63, 3.8) is 0 Å². The molecule has 0 spiro atoms. The molecule has 0 bridgehead atoms. The number of H-pyrrole nitrogens is 1. The summed E-state index contributed by atoms with van der Waals surface area (Å²) in [5.41, 5.74) is 10.4. The van der Waals surface area contributed by atoms with Gasteiger partial charge in [-0.05, 0) is 43.4 Å². The fraction of sp³-hybridized carbons (Fsp3) is 0.579. The summed E-state index contributed by atoms with van der Waals surface area (Å²) in [7, 11) is 0. The number of hydrogen-bond acceptors (Lipinski definition) is 3. The smallest absolute Gasteiger partial charge is 0.0459 e. The highest BCUT2D eigenvalue weighted by atomic mass is 15.0. The third-order valence-electron chi connectivity index (χ3n) is 5.69. The van der Waals surface area contributed by atoms with E-state index in [0.717, 1.165) is 26.1 Å². The minimum absolute atomic E-state index is 0.399. The quantitative estimate of drug-likeness (QED) is 0.700. The average Bonchev–Trinajstić information content (AvgIpc) is 2.95. The van der Waals surface area contributed by atoms with Crippen molar-refractivity contribution < 1.29 is 0 Å². The summed E-state index contributed by atoms with van der Waals surface area (Å²) in [5.74, 6) is 0.663. The predicted octanol–water partition coefficient (Wildman–Crippen LogP) is 2.29. The molecular weight excluding hydrogens is 284 g/mol. The van der Waals surface area contributed by atoms with Crippen LogP contribution in [0.15, 0.2) is 24.3 Å². The molecule has 4 nitrogen and oxygen atoms in total. The molecule has 1 aliphatic heterocycles. The Morgan fingerprint density at radius 1 is 1.13 bits per heavy atom. The average molecular weight is 312 g/mol. The molecule has 2 aliphatic rings. The predicted molar refractivity (Wildman–Crippen MR) is 95.4 cm³/mol. The zero-order valence-corrected chi connectivity index (χ0v) is 13.8. The number of aromatic amines is 1. The standard InChI is InChI=1S/C19H28N4/c20-17-7-3-1-5-13(17)10-21-11-14-9-16-15-6-2-4-8-18(15)23-19(16)12-22-14/h2,4,6,8,13-14,17,21-23H,1,3,5,7,9-12,20H2. The second kappa shape index (κ2) is 6.63. The molecule has 23 heavy (non-hydrogen) atoms. The van der Waals surface area contributed by atoms with E-state index in [2.05, 4.69) is 39.9 Å². The lowest BCUT2D eigenvalue weighted by Gasteiger charge is -2.30. The van der Waals surface area contributed by atoms with Crippen LogP contribution in [0.3, 0.4) is 0 Å². The van der Waals surface area contributed by atoms with E-state index >= 15 is 0 Å². The zero-order chi connectivity index (χ0) is 15.6. The third kappa shape index (κ3) is 3.16. The number of para-hydroxylation sites is 1. The van der Waals surface area contributed by atoms with Crippen LogP contribution >= 0.6 is 0 Å². The molecule has 0 saturated heterocycles. The molecule has 4 rings (SSSR count). The number of hydrogen-bond donors (Lipinski definition) is 4. The van der Waals surface area contributed by atoms with Crippen molar-refractivity contribution in [1.82, 2.24) is 15.6 Å². The van der Waals surface area contributed by atoms with E-state index in [1.807, 2.05) is 0 Å². The van der Waals surface area contributed by atoms with Gasteiger partial charge in [-0.3, -0.25) is 0 Å². The van der Waals surface area contributed by atoms with E-state index in [9.17, 15) is 0 Å². The van der Waals surface area contributed by atoms with Crippen LogP contribution in [0, 0.1) is 5.92 Å². The fourth-order valence-corrected chi connectivity index (χ4v) is 4.28. The van der Waals surface area contributed by atoms with Gasteiger partial charge in [0.05, 0.1) is 0 Å². The van der Waals surface area contributed by atoms with Crippen molar-refractivity contribution >= 4 is 10.9 Å². The number of nitrogens with one attached hydrogen (secondary N) is 3. The maximum absolute atomic E-state index is 6.25. The van der Waals surface area contributed by atoms with Crippen molar-refractivity contribution in [3.05, 3.63) is 35.5 Å². The Kier molecular flexibility index (Phi) is 4.38. The first-order valence-corrected chi connectivity index (χ1v) is 9.09. The summed E-state index contributed by atoms with van der Waals surface area (Å²) in [6.07, 6.45) is 6.25. The van der Waals surface area contributed by atoms with Crippen LogP contribution in [0.1, 0.15) is 36.9 Å². The van der Waals surface area contributed by atoms with Gasteiger partial charge in [0, 0.05) is 41.8 Å². The van der Waals surface area contributed by atoms with Gasteiger partial charge in [-0.15, -0.1) is 0 Å². The number of aromatic nitrogens is 1. The van der Waals surface area contributed by atoms with Crippen LogP contribution in [0.25, 0.3) is 10.9 Å². The van der Waals surface area contributed by atoms with Gasteiger partial charge in [-0.25, -0.2) is 0 Å². The summed E-state index contributed by atoms with van der Waals surface area (Å²) in [6.45, 7) is 3.04. The molecule has 1 aromatic heterocycles. The first-order valence-electron chi connectivity index (χ1n) is 9.09. The molecule has 4 heteroatoms. The van der Waals surface area contributed by atoms with E-state index in [4.69, 9.17) is 5.73 Å². The molecule has 5 N–H and O–H groups in total. The molecule has 3 atom stereocenters. The molecular formula is C19H28N4. The summed E-state index contributed by atoms with van der Waals surface area (Å²) >= 11 is 0. The second-order valence-corrected chi connectivity index (χ2v) is 7.28. The van der Waals surface area contributed by atoms with Gasteiger partial charge in [0.25, 0.3) is 0 Å². The van der Waals surface area contributed by atoms with E-state index in [1.165, 1.54) is 47.8 Å². The minimum Gasteiger partial charge on any atom is -0.357 e. The SMILES string of the molecule is NC1CCCCC1CNCC1Cc2c([nH]c3ccccc23)CN1. The van der Waals surface area contributed by atoms with Crippen LogP contribution in [0.5, 0.6) is 0 Å². The van der Waals surface area contributed by atoms with E-state index in [1.54, 1.807) is 0 Å². The summed E-state index contributed by atoms with van der Waals surface area (Å²) in [6, 6.07) is 9.56. The fourth-order valence-electron chi connectivity index (χ4n) is 4.28. The topological polar surface area (TPSA) is 65.9 Å². The van der Waals surface area contributed by atoms with Gasteiger partial charge in [-0.1, -0.05) is 31.0 Å². The van der Waals surface area contributed by atoms with Crippen molar-refractivity contribution in [1.29, 1.82) is 0 Å². The van der Waals surface area contributed by atoms with Crippen LogP contribution in [-0.4, -0.2) is 30.2 Å². The highest BCUT2D eigenvalue weighted by molar-refractivity contribution is 5.84. The maximum atomic E-state index is 6.25. The molecule has 124 valence electrons. The van der Waals surface area contributed by atoms with Gasteiger partial charge in [0.15, 0.2) is 0 Å². The Labute approximate surface area is 138 Å². The molecule has 0 radical (unpaired) electrons. The summed E-state index contributed by atoms with van der Waals surface area (Å²) < 4.78 is 0. The van der Waals surface area contributed by atoms with Crippen LogP contribution in [0.4, 0.5) is 0 Å². The summed E-state index contributed by atoms with van der Waals surface area (Å²) in [4.78, 5) is 3.55. The van der Waals surface area contributed by atoms with E-state index in [-0.39, 0.29) is 0 Å². The van der Waals surface area contributed by atoms with Crippen molar-refractivity contribution in [2.45, 2.75) is 50.7 Å². The monoisotopic (exact) mass is 312 g/mol. The van der Waals surface area contributed by atoms with Gasteiger partial charge in [0.2, 0.25) is 0 Å². The first-order chi connectivity index (χ1) is 11.3. The largest absolute Gasteiger partial charge is 0.357 e. The molecule has 0 amide bonds. The highest BCUT2D eigenvalue weighted by Gasteiger charge is 2.24. The summed E-state index contributed by atoms with van der Waals surface area (Å²) in [5, 5.41) is 8.73. The normalized spacial score (nSPS) is 28.0. The van der Waals surface area contributed by atoms with Gasteiger partial charge in [0.1, 0.15) is 0 Å². The minimum atomic E-state index is 0.399. The molecule has 3 unspecified atom stereocenters. The first kappa shape index (κ1) is 15.2. The van der Waals surface area contributed by atoms with Crippen LogP contribution < -0.4 is 16.4 Å². The van der Waals surface area contributed by atoms with Gasteiger partial charge >= 0.3 is 0 Å². The Morgan fingerprint density at radius 3 is 2.91 bits per heavy atom. The highest BCUT2D eigenvalue weighted by Crippen LogP contribution is 2.26. The van der Waals surface area contributed by atoms with Crippen LogP contribution in [0.2, 0.25) is 0 Å². The van der Waals surface area contributed by atoms with Crippen LogP contribution in [-0.2, 0) is 13.0 Å². The lowest BCUT2D eigenvalue weighted by Crippen LogP contribution is -2.46. The molecule has 1 fully saturated rings.